The lowest BCUT2D eigenvalue weighted by Crippen LogP contribution is -2.24. The molecule has 0 radical (unpaired) electrons. The summed E-state index contributed by atoms with van der Waals surface area (Å²) in [6.45, 7) is 7.37. The lowest BCUT2D eigenvalue weighted by atomic mass is 10.4. The van der Waals surface area contributed by atoms with Crippen molar-refractivity contribution in [3.8, 4) is 12.3 Å². The van der Waals surface area contributed by atoms with E-state index >= 15 is 0 Å². The second-order valence-electron chi connectivity index (χ2n) is 3.76. The smallest absolute Gasteiger partial charge is 0.147 e. The lowest BCUT2D eigenvalue weighted by Gasteiger charge is -2.18. The van der Waals surface area contributed by atoms with Gasteiger partial charge in [-0.05, 0) is 19.9 Å². The van der Waals surface area contributed by atoms with Gasteiger partial charge in [0.05, 0.1) is 24.6 Å². The molecule has 0 saturated carbocycles. The highest BCUT2D eigenvalue weighted by Crippen LogP contribution is 2.07. The van der Waals surface area contributed by atoms with Crippen LogP contribution >= 0.6 is 0 Å². The topological polar surface area (TPSA) is 41.1 Å². The number of aromatic nitrogens is 2. The third-order valence-electron chi connectivity index (χ3n) is 2.41. The Labute approximate surface area is 103 Å². The predicted octanol–water partition coefficient (Wildman–Crippen LogP) is 1.44. The molecule has 1 N–H and O–H groups in total. The summed E-state index contributed by atoms with van der Waals surface area (Å²) in [5.74, 6) is 3.46. The number of nitrogens with one attached hydrogen (secondary N) is 1. The number of rotatable bonds is 7. The second kappa shape index (κ2) is 7.64. The molecule has 1 heterocycles. The number of hydrogen-bond donors (Lipinski definition) is 1. The summed E-state index contributed by atoms with van der Waals surface area (Å²) >= 11 is 0. The van der Waals surface area contributed by atoms with E-state index in [-0.39, 0.29) is 0 Å². The standard InChI is InChI=1S/C13H20N4/c1-4-7-14-9-12-10-16-13(11-15-12)17(6-3)8-5-2/h2,10-11,14H,4,6-9H2,1,3H3. The van der Waals surface area contributed by atoms with Gasteiger partial charge < -0.3 is 10.2 Å². The molecule has 0 atom stereocenters. The maximum atomic E-state index is 5.30. The largest absolute Gasteiger partial charge is 0.344 e. The van der Waals surface area contributed by atoms with Crippen molar-refractivity contribution < 1.29 is 0 Å². The van der Waals surface area contributed by atoms with Crippen LogP contribution in [0.4, 0.5) is 5.82 Å². The number of anilines is 1. The van der Waals surface area contributed by atoms with Crippen LogP contribution in [0.3, 0.4) is 0 Å². The van der Waals surface area contributed by atoms with Gasteiger partial charge in [-0.3, -0.25) is 4.98 Å². The Morgan fingerprint density at radius 3 is 2.71 bits per heavy atom. The van der Waals surface area contributed by atoms with E-state index in [4.69, 9.17) is 6.42 Å². The fraction of sp³-hybridized carbons (Fsp3) is 0.538. The summed E-state index contributed by atoms with van der Waals surface area (Å²) < 4.78 is 0. The van der Waals surface area contributed by atoms with E-state index in [1.54, 1.807) is 12.4 Å². The molecule has 1 aromatic rings. The first-order valence-electron chi connectivity index (χ1n) is 6.01. The van der Waals surface area contributed by atoms with Crippen molar-refractivity contribution in [3.05, 3.63) is 18.1 Å². The van der Waals surface area contributed by atoms with Crippen LogP contribution in [0.25, 0.3) is 0 Å². The van der Waals surface area contributed by atoms with E-state index < -0.39 is 0 Å². The first-order chi connectivity index (χ1) is 8.31. The summed E-state index contributed by atoms with van der Waals surface area (Å²) in [5, 5.41) is 3.29. The van der Waals surface area contributed by atoms with Crippen molar-refractivity contribution in [2.45, 2.75) is 26.8 Å². The molecule has 0 aliphatic rings. The number of nitrogens with zero attached hydrogens (tertiary/aromatic N) is 3. The zero-order chi connectivity index (χ0) is 12.5. The average molecular weight is 232 g/mol. The molecule has 0 unspecified atom stereocenters. The van der Waals surface area contributed by atoms with Crippen LogP contribution in [-0.2, 0) is 6.54 Å². The van der Waals surface area contributed by atoms with Crippen LogP contribution in [0.2, 0.25) is 0 Å². The molecule has 0 spiro atoms. The van der Waals surface area contributed by atoms with Gasteiger partial charge in [0.2, 0.25) is 0 Å². The maximum Gasteiger partial charge on any atom is 0.147 e. The van der Waals surface area contributed by atoms with E-state index in [0.29, 0.717) is 6.54 Å². The molecule has 0 aliphatic heterocycles. The first-order valence-corrected chi connectivity index (χ1v) is 6.01. The van der Waals surface area contributed by atoms with E-state index in [1.165, 1.54) is 0 Å². The van der Waals surface area contributed by atoms with E-state index in [1.807, 2.05) is 4.90 Å². The molecule has 4 nitrogen and oxygen atoms in total. The van der Waals surface area contributed by atoms with Crippen LogP contribution in [-0.4, -0.2) is 29.6 Å². The molecule has 0 bridgehead atoms. The zero-order valence-electron chi connectivity index (χ0n) is 10.6. The Bertz CT molecular complexity index is 353. The molecule has 0 fully saturated rings. The van der Waals surface area contributed by atoms with Gasteiger partial charge in [-0.15, -0.1) is 6.42 Å². The fourth-order valence-corrected chi connectivity index (χ4v) is 1.46. The molecule has 0 amide bonds. The fourth-order valence-electron chi connectivity index (χ4n) is 1.46. The Morgan fingerprint density at radius 2 is 2.18 bits per heavy atom. The van der Waals surface area contributed by atoms with Gasteiger partial charge in [0.1, 0.15) is 5.82 Å². The summed E-state index contributed by atoms with van der Waals surface area (Å²) in [6.07, 6.45) is 10.0. The molecule has 17 heavy (non-hydrogen) atoms. The van der Waals surface area contributed by atoms with Gasteiger partial charge in [0, 0.05) is 13.1 Å². The minimum atomic E-state index is 0.568. The van der Waals surface area contributed by atoms with Crippen LogP contribution in [0, 0.1) is 12.3 Å². The van der Waals surface area contributed by atoms with Crippen molar-refractivity contribution in [1.29, 1.82) is 0 Å². The van der Waals surface area contributed by atoms with Gasteiger partial charge >= 0.3 is 0 Å². The zero-order valence-corrected chi connectivity index (χ0v) is 10.6. The van der Waals surface area contributed by atoms with Gasteiger partial charge in [-0.1, -0.05) is 12.8 Å². The molecule has 92 valence electrons. The average Bonchev–Trinajstić information content (AvgIpc) is 2.37. The minimum absolute atomic E-state index is 0.568. The highest BCUT2D eigenvalue weighted by Gasteiger charge is 2.04. The minimum Gasteiger partial charge on any atom is -0.344 e. The highest BCUT2D eigenvalue weighted by molar-refractivity contribution is 5.37. The normalized spacial score (nSPS) is 9.94. The Hall–Kier alpha value is -1.60. The molecule has 0 aliphatic carbocycles. The summed E-state index contributed by atoms with van der Waals surface area (Å²) in [4.78, 5) is 10.8. The van der Waals surface area contributed by atoms with Gasteiger partial charge in [-0.25, -0.2) is 4.98 Å². The number of terminal acetylenes is 1. The predicted molar refractivity (Wildman–Crippen MR) is 70.7 cm³/mol. The summed E-state index contributed by atoms with van der Waals surface area (Å²) in [7, 11) is 0. The quantitative estimate of drug-likeness (QED) is 0.570. The molecule has 1 rings (SSSR count). The Kier molecular flexibility index (Phi) is 6.05. The van der Waals surface area contributed by atoms with Crippen molar-refractivity contribution in [2.75, 3.05) is 24.5 Å². The summed E-state index contributed by atoms with van der Waals surface area (Å²) in [5.41, 5.74) is 0.957. The molecule has 4 heteroatoms. The molecule has 0 saturated heterocycles. The maximum absolute atomic E-state index is 5.30. The van der Waals surface area contributed by atoms with Crippen LogP contribution < -0.4 is 10.2 Å². The SMILES string of the molecule is C#CCN(CC)c1cnc(CNCCC)cn1. The van der Waals surface area contributed by atoms with Crippen LogP contribution in [0.1, 0.15) is 26.0 Å². The number of hydrogen-bond acceptors (Lipinski definition) is 4. The van der Waals surface area contributed by atoms with Crippen LogP contribution in [0.5, 0.6) is 0 Å². The monoisotopic (exact) mass is 232 g/mol. The van der Waals surface area contributed by atoms with E-state index in [9.17, 15) is 0 Å². The molecular weight excluding hydrogens is 212 g/mol. The van der Waals surface area contributed by atoms with Gasteiger partial charge in [0.15, 0.2) is 0 Å². The van der Waals surface area contributed by atoms with E-state index in [0.717, 1.165) is 37.6 Å². The van der Waals surface area contributed by atoms with Gasteiger partial charge in [-0.2, -0.15) is 0 Å². The van der Waals surface area contributed by atoms with Crippen molar-refractivity contribution in [1.82, 2.24) is 15.3 Å². The third kappa shape index (κ3) is 4.41. The van der Waals surface area contributed by atoms with Gasteiger partial charge in [0.25, 0.3) is 0 Å². The highest BCUT2D eigenvalue weighted by atomic mass is 15.2. The molecular formula is C13H20N4. The molecule has 0 aromatic carbocycles. The van der Waals surface area contributed by atoms with Crippen molar-refractivity contribution >= 4 is 5.82 Å². The van der Waals surface area contributed by atoms with Crippen LogP contribution in [0.15, 0.2) is 12.4 Å². The Balaban J connectivity index is 2.57. The molecule has 1 aromatic heterocycles. The summed E-state index contributed by atoms with van der Waals surface area (Å²) in [6, 6.07) is 0. The van der Waals surface area contributed by atoms with Crippen molar-refractivity contribution in [3.63, 3.8) is 0 Å². The van der Waals surface area contributed by atoms with Crippen molar-refractivity contribution in [2.24, 2.45) is 0 Å². The Morgan fingerprint density at radius 1 is 1.35 bits per heavy atom. The third-order valence-corrected chi connectivity index (χ3v) is 2.41. The second-order valence-corrected chi connectivity index (χ2v) is 3.76. The van der Waals surface area contributed by atoms with E-state index in [2.05, 4.69) is 35.1 Å². The first kappa shape index (κ1) is 13.5. The lowest BCUT2D eigenvalue weighted by molar-refractivity contribution is 0.661.